The Labute approximate surface area is 177 Å². The number of anilines is 2. The number of sulfonamides is 2. The van der Waals surface area contributed by atoms with E-state index >= 15 is 0 Å². The van der Waals surface area contributed by atoms with Crippen LogP contribution in [0.5, 0.6) is 0 Å². The van der Waals surface area contributed by atoms with Crippen LogP contribution in [-0.4, -0.2) is 46.4 Å². The Morgan fingerprint density at radius 1 is 0.900 bits per heavy atom. The minimum atomic E-state index is -3.51. The van der Waals surface area contributed by atoms with Gasteiger partial charge in [0.05, 0.1) is 28.9 Å². The van der Waals surface area contributed by atoms with E-state index in [4.69, 9.17) is 0 Å². The van der Waals surface area contributed by atoms with E-state index in [0.717, 1.165) is 25.5 Å². The van der Waals surface area contributed by atoms with E-state index in [1.807, 2.05) is 0 Å². The van der Waals surface area contributed by atoms with Crippen LogP contribution < -0.4 is 10.0 Å². The number of carbonyl (C=O) groups excluding carboxylic acids is 1. The molecule has 1 saturated heterocycles. The molecule has 1 fully saturated rings. The zero-order chi connectivity index (χ0) is 21.8. The van der Waals surface area contributed by atoms with Crippen molar-refractivity contribution in [3.63, 3.8) is 0 Å². The van der Waals surface area contributed by atoms with Crippen LogP contribution in [0.2, 0.25) is 0 Å². The quantitative estimate of drug-likeness (QED) is 0.671. The summed E-state index contributed by atoms with van der Waals surface area (Å²) in [6.07, 6.45) is 3.84. The molecule has 1 aliphatic heterocycles. The number of para-hydroxylation sites is 2. The highest BCUT2D eigenvalue weighted by molar-refractivity contribution is 7.92. The third-order valence-electron chi connectivity index (χ3n) is 4.74. The van der Waals surface area contributed by atoms with Crippen molar-refractivity contribution in [2.24, 2.45) is 0 Å². The van der Waals surface area contributed by atoms with E-state index in [1.165, 1.54) is 16.4 Å². The Hall–Kier alpha value is -2.43. The zero-order valence-electron chi connectivity index (χ0n) is 16.7. The lowest BCUT2D eigenvalue weighted by atomic mass is 10.1. The Morgan fingerprint density at radius 3 is 2.10 bits per heavy atom. The number of rotatable bonds is 7. The molecule has 0 radical (unpaired) electrons. The summed E-state index contributed by atoms with van der Waals surface area (Å²) in [6.45, 7) is 1.07. The SMILES string of the molecule is CS(=O)(=O)Nc1ccccc1NC(=O)Cc1ccc(S(=O)(=O)N2CCCCC2)cc1. The van der Waals surface area contributed by atoms with Crippen molar-refractivity contribution < 1.29 is 21.6 Å². The summed E-state index contributed by atoms with van der Waals surface area (Å²) in [5.41, 5.74) is 1.27. The molecular formula is C20H25N3O5S2. The van der Waals surface area contributed by atoms with Crippen molar-refractivity contribution in [1.29, 1.82) is 0 Å². The molecular weight excluding hydrogens is 426 g/mol. The predicted molar refractivity (Wildman–Crippen MR) is 116 cm³/mol. The minimum Gasteiger partial charge on any atom is -0.324 e. The highest BCUT2D eigenvalue weighted by Crippen LogP contribution is 2.23. The van der Waals surface area contributed by atoms with E-state index in [2.05, 4.69) is 10.0 Å². The van der Waals surface area contributed by atoms with Crippen molar-refractivity contribution in [1.82, 2.24) is 4.31 Å². The second-order valence-electron chi connectivity index (χ2n) is 7.25. The summed E-state index contributed by atoms with van der Waals surface area (Å²) < 4.78 is 52.2. The standard InChI is InChI=1S/C20H25N3O5S2/c1-29(25,26)22-19-8-4-3-7-18(19)21-20(24)15-16-9-11-17(12-10-16)30(27,28)23-13-5-2-6-14-23/h3-4,7-12,22H,2,5-6,13-15H2,1H3,(H,21,24). The van der Waals surface area contributed by atoms with E-state index in [-0.39, 0.29) is 22.9 Å². The number of hydrogen-bond acceptors (Lipinski definition) is 5. The lowest BCUT2D eigenvalue weighted by Crippen LogP contribution is -2.35. The highest BCUT2D eigenvalue weighted by Gasteiger charge is 2.25. The molecule has 1 amide bonds. The van der Waals surface area contributed by atoms with Crippen LogP contribution in [0.3, 0.4) is 0 Å². The molecule has 2 N–H and O–H groups in total. The van der Waals surface area contributed by atoms with Gasteiger partial charge in [-0.3, -0.25) is 9.52 Å². The molecule has 1 aliphatic rings. The lowest BCUT2D eigenvalue weighted by Gasteiger charge is -2.25. The molecule has 0 atom stereocenters. The van der Waals surface area contributed by atoms with E-state index in [9.17, 15) is 21.6 Å². The van der Waals surface area contributed by atoms with Gasteiger partial charge >= 0.3 is 0 Å². The Morgan fingerprint density at radius 2 is 1.50 bits per heavy atom. The molecule has 3 rings (SSSR count). The van der Waals surface area contributed by atoms with Crippen LogP contribution in [0, 0.1) is 0 Å². The Balaban J connectivity index is 1.67. The van der Waals surface area contributed by atoms with Gasteiger partial charge in [-0.2, -0.15) is 4.31 Å². The van der Waals surface area contributed by atoms with E-state index < -0.39 is 20.0 Å². The van der Waals surface area contributed by atoms with Crippen LogP contribution in [-0.2, 0) is 31.3 Å². The monoisotopic (exact) mass is 451 g/mol. The number of hydrogen-bond donors (Lipinski definition) is 2. The molecule has 2 aromatic carbocycles. The molecule has 0 unspecified atom stereocenters. The summed E-state index contributed by atoms with van der Waals surface area (Å²) in [6, 6.07) is 12.8. The molecule has 8 nitrogen and oxygen atoms in total. The van der Waals surface area contributed by atoms with Crippen molar-refractivity contribution in [3.05, 3.63) is 54.1 Å². The minimum absolute atomic E-state index is 0.0251. The lowest BCUT2D eigenvalue weighted by molar-refractivity contribution is -0.115. The molecule has 10 heteroatoms. The summed E-state index contributed by atoms with van der Waals surface area (Å²) >= 11 is 0. The molecule has 1 heterocycles. The second-order valence-corrected chi connectivity index (χ2v) is 10.9. The maximum Gasteiger partial charge on any atom is 0.243 e. The fourth-order valence-electron chi connectivity index (χ4n) is 3.29. The smallest absolute Gasteiger partial charge is 0.243 e. The molecule has 0 spiro atoms. The molecule has 0 aliphatic carbocycles. The van der Waals surface area contributed by atoms with Crippen LogP contribution in [0.15, 0.2) is 53.4 Å². The van der Waals surface area contributed by atoms with Gasteiger partial charge in [-0.05, 0) is 42.7 Å². The first-order valence-corrected chi connectivity index (χ1v) is 12.9. The van der Waals surface area contributed by atoms with Gasteiger partial charge in [0.2, 0.25) is 26.0 Å². The maximum absolute atomic E-state index is 12.7. The average molecular weight is 452 g/mol. The summed E-state index contributed by atoms with van der Waals surface area (Å²) in [4.78, 5) is 12.6. The third kappa shape index (κ3) is 5.80. The second kappa shape index (κ2) is 9.15. The zero-order valence-corrected chi connectivity index (χ0v) is 18.3. The average Bonchev–Trinajstić information content (AvgIpc) is 2.69. The molecule has 162 valence electrons. The van der Waals surface area contributed by atoms with Gasteiger partial charge < -0.3 is 5.32 Å². The van der Waals surface area contributed by atoms with Crippen molar-refractivity contribution in [2.75, 3.05) is 29.4 Å². The molecule has 0 bridgehead atoms. The van der Waals surface area contributed by atoms with Crippen molar-refractivity contribution >= 4 is 37.3 Å². The van der Waals surface area contributed by atoms with Gasteiger partial charge in [0.15, 0.2) is 0 Å². The van der Waals surface area contributed by atoms with Gasteiger partial charge in [0.1, 0.15) is 0 Å². The Kier molecular flexibility index (Phi) is 6.79. The topological polar surface area (TPSA) is 113 Å². The molecule has 0 saturated carbocycles. The van der Waals surface area contributed by atoms with Crippen LogP contribution in [0.1, 0.15) is 24.8 Å². The highest BCUT2D eigenvalue weighted by atomic mass is 32.2. The van der Waals surface area contributed by atoms with Crippen LogP contribution in [0.4, 0.5) is 11.4 Å². The Bertz CT molecular complexity index is 1110. The van der Waals surface area contributed by atoms with E-state index in [0.29, 0.717) is 24.3 Å². The van der Waals surface area contributed by atoms with Gasteiger partial charge in [-0.1, -0.05) is 30.7 Å². The fraction of sp³-hybridized carbons (Fsp3) is 0.350. The first kappa shape index (κ1) is 22.3. The fourth-order valence-corrected chi connectivity index (χ4v) is 5.39. The van der Waals surface area contributed by atoms with Crippen molar-refractivity contribution in [2.45, 2.75) is 30.6 Å². The van der Waals surface area contributed by atoms with Crippen LogP contribution in [0.25, 0.3) is 0 Å². The van der Waals surface area contributed by atoms with Crippen LogP contribution >= 0.6 is 0 Å². The summed E-state index contributed by atoms with van der Waals surface area (Å²) in [7, 11) is -7.00. The number of piperidine rings is 1. The first-order chi connectivity index (χ1) is 14.1. The van der Waals surface area contributed by atoms with Crippen molar-refractivity contribution in [3.8, 4) is 0 Å². The molecule has 30 heavy (non-hydrogen) atoms. The third-order valence-corrected chi connectivity index (χ3v) is 7.24. The number of amides is 1. The summed E-state index contributed by atoms with van der Waals surface area (Å²) in [5.74, 6) is -0.343. The van der Waals surface area contributed by atoms with Gasteiger partial charge in [0.25, 0.3) is 0 Å². The number of nitrogens with zero attached hydrogens (tertiary/aromatic N) is 1. The number of benzene rings is 2. The molecule has 2 aromatic rings. The molecule has 0 aromatic heterocycles. The van der Waals surface area contributed by atoms with Gasteiger partial charge in [-0.25, -0.2) is 16.8 Å². The van der Waals surface area contributed by atoms with E-state index in [1.54, 1.807) is 36.4 Å². The number of nitrogens with one attached hydrogen (secondary N) is 2. The van der Waals surface area contributed by atoms with Gasteiger partial charge in [0, 0.05) is 13.1 Å². The van der Waals surface area contributed by atoms with Gasteiger partial charge in [-0.15, -0.1) is 0 Å². The predicted octanol–water partition coefficient (Wildman–Crippen LogP) is 2.41. The first-order valence-electron chi connectivity index (χ1n) is 9.61. The normalized spacial score (nSPS) is 15.5. The number of carbonyl (C=O) groups is 1. The maximum atomic E-state index is 12.7. The summed E-state index contributed by atoms with van der Waals surface area (Å²) in [5, 5.41) is 2.69. The largest absolute Gasteiger partial charge is 0.324 e.